The Morgan fingerprint density at radius 2 is 1.95 bits per heavy atom. The molecule has 4 aromatic rings. The van der Waals surface area contributed by atoms with Crippen molar-refractivity contribution in [2.24, 2.45) is 0 Å². The molecular weight excluding hydrogens is 572 g/mol. The van der Waals surface area contributed by atoms with Crippen LogP contribution in [0, 0.1) is 11.6 Å². The van der Waals surface area contributed by atoms with Crippen LogP contribution < -0.4 is 20.7 Å². The lowest BCUT2D eigenvalue weighted by atomic mass is 9.95. The molecule has 0 bridgehead atoms. The summed E-state index contributed by atoms with van der Waals surface area (Å²) < 4.78 is 37.7. The number of rotatable bonds is 5. The van der Waals surface area contributed by atoms with Crippen molar-refractivity contribution in [1.29, 1.82) is 0 Å². The molecule has 13 heteroatoms. The number of hydrogen-bond donors (Lipinski definition) is 3. The van der Waals surface area contributed by atoms with Crippen molar-refractivity contribution in [3.05, 3.63) is 34.9 Å². The molecular formula is C28H30ClF2N7O2S. The fraction of sp³-hybridized carbons (Fsp3) is 0.464. The lowest BCUT2D eigenvalue weighted by Crippen LogP contribution is -2.43. The van der Waals surface area contributed by atoms with Gasteiger partial charge in [0.25, 0.3) is 0 Å². The second-order valence-corrected chi connectivity index (χ2v) is 12.5. The van der Waals surface area contributed by atoms with Gasteiger partial charge >= 0.3 is 6.01 Å². The summed E-state index contributed by atoms with van der Waals surface area (Å²) in [4.78, 5) is 18.0. The van der Waals surface area contributed by atoms with Crippen LogP contribution >= 0.6 is 22.9 Å². The topological polar surface area (TPSA) is 113 Å². The number of β-amino-alcohol motifs (C(OH)–C–C–N with tert-alkyl or cyclic N) is 1. The number of aliphatic hydroxyl groups is 1. The minimum atomic E-state index is -0.685. The van der Waals surface area contributed by atoms with Crippen LogP contribution in [0.1, 0.15) is 25.7 Å². The quantitative estimate of drug-likeness (QED) is 0.310. The molecule has 3 fully saturated rings. The molecule has 2 aromatic carbocycles. The van der Waals surface area contributed by atoms with E-state index in [4.69, 9.17) is 27.1 Å². The van der Waals surface area contributed by atoms with E-state index < -0.39 is 17.7 Å². The highest BCUT2D eigenvalue weighted by Crippen LogP contribution is 2.43. The second kappa shape index (κ2) is 10.4. The van der Waals surface area contributed by atoms with Crippen LogP contribution in [0.3, 0.4) is 0 Å². The van der Waals surface area contributed by atoms with Gasteiger partial charge in [-0.15, -0.1) is 0 Å². The number of hydrogen-bond acceptors (Lipinski definition) is 10. The molecule has 4 N–H and O–H groups in total. The van der Waals surface area contributed by atoms with Gasteiger partial charge in [-0.05, 0) is 57.0 Å². The number of fused-ring (bicyclic) bond motifs is 3. The fourth-order valence-corrected chi connectivity index (χ4v) is 7.71. The Morgan fingerprint density at radius 3 is 2.76 bits per heavy atom. The molecule has 3 aliphatic heterocycles. The average Bonchev–Trinajstić information content (AvgIpc) is 3.60. The molecule has 3 aliphatic rings. The van der Waals surface area contributed by atoms with Crippen molar-refractivity contribution in [3.63, 3.8) is 0 Å². The molecule has 5 heterocycles. The Bertz CT molecular complexity index is 1640. The van der Waals surface area contributed by atoms with E-state index in [1.54, 1.807) is 6.07 Å². The van der Waals surface area contributed by atoms with Crippen LogP contribution in [0.25, 0.3) is 32.2 Å². The van der Waals surface area contributed by atoms with E-state index in [1.807, 2.05) is 4.90 Å². The number of nitrogens with one attached hydrogen (secondary N) is 1. The van der Waals surface area contributed by atoms with Crippen LogP contribution in [0.4, 0.5) is 19.7 Å². The highest BCUT2D eigenvalue weighted by Gasteiger charge is 2.45. The first kappa shape index (κ1) is 27.0. The summed E-state index contributed by atoms with van der Waals surface area (Å²) in [6.45, 7) is 4.42. The summed E-state index contributed by atoms with van der Waals surface area (Å²) in [6.07, 6.45) is 3.69. The fourth-order valence-electron chi connectivity index (χ4n) is 6.65. The minimum Gasteiger partial charge on any atom is -0.461 e. The first-order chi connectivity index (χ1) is 19.8. The van der Waals surface area contributed by atoms with Gasteiger partial charge in [0, 0.05) is 42.7 Å². The number of halogens is 3. The zero-order valence-electron chi connectivity index (χ0n) is 22.3. The number of ether oxygens (including phenoxy) is 1. The van der Waals surface area contributed by atoms with Gasteiger partial charge in [-0.25, -0.2) is 13.8 Å². The van der Waals surface area contributed by atoms with Gasteiger partial charge in [0.15, 0.2) is 10.9 Å². The molecule has 1 unspecified atom stereocenters. The lowest BCUT2D eigenvalue weighted by Gasteiger charge is -2.31. The van der Waals surface area contributed by atoms with Crippen molar-refractivity contribution >= 4 is 55.0 Å². The maximum absolute atomic E-state index is 16.6. The summed E-state index contributed by atoms with van der Waals surface area (Å²) >= 11 is 7.74. The van der Waals surface area contributed by atoms with Gasteiger partial charge in [-0.1, -0.05) is 22.9 Å². The molecule has 41 heavy (non-hydrogen) atoms. The number of anilines is 2. The first-order valence-electron chi connectivity index (χ1n) is 13.9. The number of nitrogens with zero attached hydrogens (tertiary/aromatic N) is 5. The summed E-state index contributed by atoms with van der Waals surface area (Å²) in [5.74, 6) is -0.735. The Hall–Kier alpha value is -2.90. The summed E-state index contributed by atoms with van der Waals surface area (Å²) in [5, 5.41) is 14.4. The molecule has 0 saturated carbocycles. The van der Waals surface area contributed by atoms with Gasteiger partial charge in [0.05, 0.1) is 26.9 Å². The normalized spacial score (nSPS) is 21.1. The van der Waals surface area contributed by atoms with Gasteiger partial charge in [-0.2, -0.15) is 9.97 Å². The average molecular weight is 602 g/mol. The van der Waals surface area contributed by atoms with E-state index in [9.17, 15) is 9.50 Å². The van der Waals surface area contributed by atoms with E-state index >= 15 is 4.39 Å². The van der Waals surface area contributed by atoms with Crippen LogP contribution in [-0.2, 0) is 0 Å². The Balaban J connectivity index is 1.38. The highest BCUT2D eigenvalue weighted by atomic mass is 35.5. The first-order valence-corrected chi connectivity index (χ1v) is 15.1. The molecule has 216 valence electrons. The van der Waals surface area contributed by atoms with Crippen LogP contribution in [0.15, 0.2) is 18.2 Å². The molecule has 1 atom stereocenters. The van der Waals surface area contributed by atoms with E-state index in [0.29, 0.717) is 49.6 Å². The molecule has 0 spiro atoms. The molecule has 0 aliphatic carbocycles. The maximum Gasteiger partial charge on any atom is 0.319 e. The van der Waals surface area contributed by atoms with Crippen molar-refractivity contribution in [3.8, 4) is 17.1 Å². The van der Waals surface area contributed by atoms with Gasteiger partial charge in [0.2, 0.25) is 0 Å². The molecule has 7 rings (SSSR count). The van der Waals surface area contributed by atoms with Crippen LogP contribution in [0.2, 0.25) is 5.02 Å². The summed E-state index contributed by atoms with van der Waals surface area (Å²) in [6, 6.07) is 4.41. The van der Waals surface area contributed by atoms with E-state index in [2.05, 4.69) is 20.2 Å². The number of aromatic nitrogens is 3. The van der Waals surface area contributed by atoms with E-state index in [-0.39, 0.29) is 43.0 Å². The number of benzene rings is 2. The lowest BCUT2D eigenvalue weighted by molar-refractivity contribution is 0.108. The van der Waals surface area contributed by atoms with E-state index in [1.165, 1.54) is 12.1 Å². The summed E-state index contributed by atoms with van der Waals surface area (Å²) in [7, 11) is 0. The SMILES string of the molecule is Nc1nc2c(-c3c(Cl)cc4c(N5CCNCC(O)C5)nc(OCC56CCCN5CCC6)nc4c3F)ccc(F)c2s1. The molecule has 2 aromatic heterocycles. The van der Waals surface area contributed by atoms with Crippen molar-refractivity contribution in [1.82, 2.24) is 25.2 Å². The third-order valence-electron chi connectivity index (χ3n) is 8.57. The van der Waals surface area contributed by atoms with Crippen molar-refractivity contribution in [2.75, 3.05) is 56.5 Å². The Kier molecular flexibility index (Phi) is 6.86. The van der Waals surface area contributed by atoms with Crippen molar-refractivity contribution < 1.29 is 18.6 Å². The van der Waals surface area contributed by atoms with Gasteiger partial charge in [-0.3, -0.25) is 4.90 Å². The van der Waals surface area contributed by atoms with E-state index in [0.717, 1.165) is 50.1 Å². The Labute approximate surface area is 244 Å². The second-order valence-electron chi connectivity index (χ2n) is 11.1. The minimum absolute atomic E-state index is 0.0315. The molecule has 0 radical (unpaired) electrons. The number of nitrogens with two attached hydrogens (primary N) is 1. The monoisotopic (exact) mass is 601 g/mol. The van der Waals surface area contributed by atoms with Gasteiger partial charge < -0.3 is 25.8 Å². The van der Waals surface area contributed by atoms with Crippen LogP contribution in [0.5, 0.6) is 6.01 Å². The van der Waals surface area contributed by atoms with Crippen molar-refractivity contribution in [2.45, 2.75) is 37.3 Å². The van der Waals surface area contributed by atoms with Gasteiger partial charge in [0.1, 0.15) is 23.8 Å². The predicted octanol–water partition coefficient (Wildman–Crippen LogP) is 4.20. The van der Waals surface area contributed by atoms with Crippen LogP contribution in [-0.4, -0.2) is 82.5 Å². The standard InChI is InChI=1S/C28H30ClF2N7O2S/c29-18-11-17-22(21(31)20(18)16-3-4-19(30)24-23(16)34-26(32)41-24)35-27(36-25(17)37-10-7-33-12-15(39)13-37)40-14-28-5-1-8-38(28)9-2-6-28/h3-4,11,15,33,39H,1-2,5-10,12-14H2,(H2,32,34). The predicted molar refractivity (Wildman–Crippen MR) is 157 cm³/mol. The zero-order valence-corrected chi connectivity index (χ0v) is 23.9. The molecule has 0 amide bonds. The number of nitrogen functional groups attached to an aromatic ring is 1. The third kappa shape index (κ3) is 4.65. The number of aliphatic hydroxyl groups excluding tert-OH is 1. The summed E-state index contributed by atoms with van der Waals surface area (Å²) in [5.41, 5.74) is 6.48. The highest BCUT2D eigenvalue weighted by molar-refractivity contribution is 7.22. The molecule has 9 nitrogen and oxygen atoms in total. The zero-order chi connectivity index (χ0) is 28.3. The molecule has 3 saturated heterocycles. The largest absolute Gasteiger partial charge is 0.461 e. The Morgan fingerprint density at radius 1 is 1.15 bits per heavy atom. The number of thiazole rings is 1. The third-order valence-corrected chi connectivity index (χ3v) is 9.76. The smallest absolute Gasteiger partial charge is 0.319 e. The maximum atomic E-state index is 16.6.